The first-order chi connectivity index (χ1) is 10.7. The van der Waals surface area contributed by atoms with Crippen LogP contribution in [-0.4, -0.2) is 10.9 Å². The van der Waals surface area contributed by atoms with Crippen LogP contribution in [-0.2, 0) is 16.6 Å². The van der Waals surface area contributed by atoms with E-state index in [1.54, 1.807) is 11.3 Å². The van der Waals surface area contributed by atoms with E-state index in [-0.39, 0.29) is 17.4 Å². The average Bonchev–Trinajstić information content (AvgIpc) is 2.77. The first-order valence-electron chi connectivity index (χ1n) is 7.99. The molecule has 1 aromatic carbocycles. The van der Waals surface area contributed by atoms with Crippen LogP contribution in [0.15, 0.2) is 24.3 Å². The maximum Gasteiger partial charge on any atom is 0.224 e. The summed E-state index contributed by atoms with van der Waals surface area (Å²) in [6.45, 7) is 12.6. The smallest absolute Gasteiger partial charge is 0.224 e. The summed E-state index contributed by atoms with van der Waals surface area (Å²) in [5.41, 5.74) is 3.43. The molecular formula is C19H26N2OS. The summed E-state index contributed by atoms with van der Waals surface area (Å²) in [6, 6.07) is 8.26. The number of amides is 1. The predicted molar refractivity (Wildman–Crippen MR) is 97.0 cm³/mol. The van der Waals surface area contributed by atoms with Gasteiger partial charge in [-0.25, -0.2) is 4.98 Å². The van der Waals surface area contributed by atoms with E-state index in [0.29, 0.717) is 6.42 Å². The number of carbonyl (C=O) groups excluding carboxylic acids is 1. The topological polar surface area (TPSA) is 42.0 Å². The molecule has 124 valence electrons. The van der Waals surface area contributed by atoms with Gasteiger partial charge < -0.3 is 5.32 Å². The molecule has 23 heavy (non-hydrogen) atoms. The normalized spacial score (nSPS) is 13.0. The van der Waals surface area contributed by atoms with E-state index < -0.39 is 0 Å². The Morgan fingerprint density at radius 2 is 1.83 bits per heavy atom. The third kappa shape index (κ3) is 4.64. The summed E-state index contributed by atoms with van der Waals surface area (Å²) >= 11 is 1.67. The number of rotatable bonds is 4. The highest BCUT2D eigenvalue weighted by atomic mass is 32.1. The van der Waals surface area contributed by atoms with Crippen LogP contribution in [0.1, 0.15) is 60.4 Å². The van der Waals surface area contributed by atoms with Crippen LogP contribution in [0.4, 0.5) is 0 Å². The van der Waals surface area contributed by atoms with Crippen molar-refractivity contribution in [1.29, 1.82) is 0 Å². The van der Waals surface area contributed by atoms with Gasteiger partial charge in [-0.15, -0.1) is 11.3 Å². The number of carbonyl (C=O) groups is 1. The zero-order chi connectivity index (χ0) is 17.2. The highest BCUT2D eigenvalue weighted by Gasteiger charge is 2.16. The minimum absolute atomic E-state index is 0.0334. The van der Waals surface area contributed by atoms with Crippen molar-refractivity contribution >= 4 is 17.2 Å². The van der Waals surface area contributed by atoms with Crippen molar-refractivity contribution < 1.29 is 4.79 Å². The van der Waals surface area contributed by atoms with Crippen LogP contribution >= 0.6 is 11.3 Å². The average molecular weight is 330 g/mol. The molecule has 0 radical (unpaired) electrons. The summed E-state index contributed by atoms with van der Waals surface area (Å²) < 4.78 is 0. The molecule has 0 saturated heterocycles. The summed E-state index contributed by atoms with van der Waals surface area (Å²) in [6.07, 6.45) is 0.400. The third-order valence-electron chi connectivity index (χ3n) is 3.91. The molecule has 0 spiro atoms. The summed E-state index contributed by atoms with van der Waals surface area (Å²) in [5, 5.41) is 4.09. The molecule has 0 aliphatic heterocycles. The number of nitrogens with zero attached hydrogens (tertiary/aromatic N) is 1. The Balaban J connectivity index is 1.98. The summed E-state index contributed by atoms with van der Waals surface area (Å²) in [7, 11) is 0. The molecule has 0 saturated carbocycles. The Morgan fingerprint density at radius 3 is 2.30 bits per heavy atom. The molecule has 0 aliphatic carbocycles. The van der Waals surface area contributed by atoms with Gasteiger partial charge in [0.1, 0.15) is 0 Å². The molecule has 1 amide bonds. The monoisotopic (exact) mass is 330 g/mol. The van der Waals surface area contributed by atoms with E-state index in [0.717, 1.165) is 16.3 Å². The molecule has 0 fully saturated rings. The van der Waals surface area contributed by atoms with Crippen molar-refractivity contribution in [3.05, 3.63) is 51.0 Å². The maximum atomic E-state index is 12.3. The number of hydrogen-bond acceptors (Lipinski definition) is 3. The van der Waals surface area contributed by atoms with Crippen molar-refractivity contribution in [3.8, 4) is 0 Å². The lowest BCUT2D eigenvalue weighted by atomic mass is 9.86. The number of benzene rings is 1. The molecule has 1 atom stereocenters. The number of thiazole rings is 1. The highest BCUT2D eigenvalue weighted by Crippen LogP contribution is 2.23. The van der Waals surface area contributed by atoms with Gasteiger partial charge in [-0.2, -0.15) is 0 Å². The largest absolute Gasteiger partial charge is 0.348 e. The van der Waals surface area contributed by atoms with Crippen LogP contribution in [0.3, 0.4) is 0 Å². The van der Waals surface area contributed by atoms with Gasteiger partial charge in [0, 0.05) is 4.88 Å². The van der Waals surface area contributed by atoms with Gasteiger partial charge in [-0.05, 0) is 37.3 Å². The summed E-state index contributed by atoms with van der Waals surface area (Å²) in [4.78, 5) is 17.9. The predicted octanol–water partition coefficient (Wildman–Crippen LogP) is 4.48. The molecule has 0 bridgehead atoms. The van der Waals surface area contributed by atoms with E-state index in [1.165, 1.54) is 10.4 Å². The van der Waals surface area contributed by atoms with Gasteiger partial charge in [-0.3, -0.25) is 4.79 Å². The molecule has 0 unspecified atom stereocenters. The lowest BCUT2D eigenvalue weighted by molar-refractivity contribution is -0.121. The molecule has 4 heteroatoms. The maximum absolute atomic E-state index is 12.3. The quantitative estimate of drug-likeness (QED) is 0.898. The van der Waals surface area contributed by atoms with Gasteiger partial charge in [0.05, 0.1) is 23.2 Å². The molecule has 3 nitrogen and oxygen atoms in total. The van der Waals surface area contributed by atoms with Crippen molar-refractivity contribution in [2.24, 2.45) is 0 Å². The number of nitrogens with one attached hydrogen (secondary N) is 1. The van der Waals surface area contributed by atoms with E-state index >= 15 is 0 Å². The Hall–Kier alpha value is -1.68. The fourth-order valence-electron chi connectivity index (χ4n) is 2.62. The van der Waals surface area contributed by atoms with Crippen molar-refractivity contribution in [2.45, 2.75) is 59.4 Å². The fraction of sp³-hybridized carbons (Fsp3) is 0.474. The lowest BCUT2D eigenvalue weighted by Gasteiger charge is -2.19. The number of aryl methyl sites for hydroxylation is 2. The molecule has 1 aromatic heterocycles. The van der Waals surface area contributed by atoms with Crippen LogP contribution in [0, 0.1) is 13.8 Å². The Kier molecular flexibility index (Phi) is 5.25. The zero-order valence-electron chi connectivity index (χ0n) is 14.9. The minimum Gasteiger partial charge on any atom is -0.348 e. The van der Waals surface area contributed by atoms with Gasteiger partial charge in [-0.1, -0.05) is 45.0 Å². The lowest BCUT2D eigenvalue weighted by Crippen LogP contribution is -2.28. The molecule has 2 aromatic rings. The second-order valence-electron chi connectivity index (χ2n) is 7.09. The van der Waals surface area contributed by atoms with Crippen molar-refractivity contribution in [3.63, 3.8) is 0 Å². The SMILES string of the molecule is Cc1nc([C@@H](C)NC(=O)Cc2ccc(C(C)(C)C)cc2)c(C)s1. The second kappa shape index (κ2) is 6.83. The second-order valence-corrected chi connectivity index (χ2v) is 8.49. The first kappa shape index (κ1) is 17.7. The Bertz CT molecular complexity index is 680. The van der Waals surface area contributed by atoms with Crippen LogP contribution in [0.25, 0.3) is 0 Å². The van der Waals surface area contributed by atoms with E-state index in [2.05, 4.69) is 43.2 Å². The van der Waals surface area contributed by atoms with Crippen molar-refractivity contribution in [2.75, 3.05) is 0 Å². The minimum atomic E-state index is -0.0544. The van der Waals surface area contributed by atoms with Gasteiger partial charge in [0.15, 0.2) is 0 Å². The molecule has 1 heterocycles. The Morgan fingerprint density at radius 1 is 1.22 bits per heavy atom. The highest BCUT2D eigenvalue weighted by molar-refractivity contribution is 7.11. The zero-order valence-corrected chi connectivity index (χ0v) is 15.7. The summed E-state index contributed by atoms with van der Waals surface area (Å²) in [5.74, 6) is 0.0334. The molecule has 0 aliphatic rings. The third-order valence-corrected chi connectivity index (χ3v) is 4.81. The Labute approximate surface area is 143 Å². The molecule has 1 N–H and O–H groups in total. The van der Waals surface area contributed by atoms with Gasteiger partial charge in [0.25, 0.3) is 0 Å². The fourth-order valence-corrected chi connectivity index (χ4v) is 3.53. The standard InChI is InChI=1S/C19H26N2OS/c1-12(18-13(2)23-14(3)21-18)20-17(22)11-15-7-9-16(10-8-15)19(4,5)6/h7-10,12H,11H2,1-6H3,(H,20,22)/t12-/m1/s1. The van der Waals surface area contributed by atoms with Crippen LogP contribution in [0.2, 0.25) is 0 Å². The van der Waals surface area contributed by atoms with Crippen LogP contribution < -0.4 is 5.32 Å². The van der Waals surface area contributed by atoms with Gasteiger partial charge >= 0.3 is 0 Å². The number of aromatic nitrogens is 1. The number of hydrogen-bond donors (Lipinski definition) is 1. The molecular weight excluding hydrogens is 304 g/mol. The van der Waals surface area contributed by atoms with Crippen molar-refractivity contribution in [1.82, 2.24) is 10.3 Å². The molecule has 2 rings (SSSR count). The van der Waals surface area contributed by atoms with E-state index in [1.807, 2.05) is 32.9 Å². The van der Waals surface area contributed by atoms with E-state index in [9.17, 15) is 4.79 Å². The van der Waals surface area contributed by atoms with E-state index in [4.69, 9.17) is 0 Å². The van der Waals surface area contributed by atoms with Crippen LogP contribution in [0.5, 0.6) is 0 Å². The van der Waals surface area contributed by atoms with Gasteiger partial charge in [0.2, 0.25) is 5.91 Å². The first-order valence-corrected chi connectivity index (χ1v) is 8.81.